The van der Waals surface area contributed by atoms with E-state index in [1.54, 1.807) is 18.4 Å². The Hall–Kier alpha value is -2.66. The Bertz CT molecular complexity index is 1080. The zero-order chi connectivity index (χ0) is 24.9. The van der Waals surface area contributed by atoms with Gasteiger partial charge in [-0.25, -0.2) is 0 Å². The van der Waals surface area contributed by atoms with Gasteiger partial charge in [-0.05, 0) is 56.8 Å². The molecule has 0 aliphatic carbocycles. The number of aliphatic hydroxyl groups excluding tert-OH is 4. The van der Waals surface area contributed by atoms with Gasteiger partial charge in [0, 0.05) is 12.1 Å². The van der Waals surface area contributed by atoms with Crippen molar-refractivity contribution in [2.45, 2.75) is 43.5 Å². The van der Waals surface area contributed by atoms with Crippen LogP contribution in [0.25, 0.3) is 11.0 Å². The molecule has 0 saturated carbocycles. The molecule has 2 aromatic carbocycles. The number of furan rings is 1. The predicted octanol–water partition coefficient (Wildman–Crippen LogP) is 1.34. The second-order valence-electron chi connectivity index (χ2n) is 9.00. The van der Waals surface area contributed by atoms with E-state index in [0.29, 0.717) is 24.4 Å². The van der Waals surface area contributed by atoms with E-state index in [2.05, 4.69) is 4.90 Å². The molecule has 0 radical (unpaired) electrons. The molecule has 0 unspecified atom stereocenters. The molecule has 35 heavy (non-hydrogen) atoms. The van der Waals surface area contributed by atoms with Gasteiger partial charge >= 0.3 is 0 Å². The lowest BCUT2D eigenvalue weighted by Crippen LogP contribution is -2.60. The lowest BCUT2D eigenvalue weighted by Gasteiger charge is -2.39. The van der Waals surface area contributed by atoms with Crippen molar-refractivity contribution in [2.24, 2.45) is 0 Å². The normalized spacial score (nSPS) is 24.7. The fourth-order valence-electron chi connectivity index (χ4n) is 4.07. The van der Waals surface area contributed by atoms with E-state index in [-0.39, 0.29) is 0 Å². The average Bonchev–Trinajstić information content (AvgIpc) is 3.27. The fraction of sp³-hybridized carbons (Fsp3) is 0.462. The second kappa shape index (κ2) is 11.4. The second-order valence-corrected chi connectivity index (χ2v) is 9.00. The molecule has 1 aliphatic rings. The van der Waals surface area contributed by atoms with Crippen molar-refractivity contribution in [3.05, 3.63) is 59.9 Å². The van der Waals surface area contributed by atoms with Crippen molar-refractivity contribution >= 4 is 11.0 Å². The molecule has 0 amide bonds. The van der Waals surface area contributed by atoms with Crippen LogP contribution in [0.1, 0.15) is 11.1 Å². The lowest BCUT2D eigenvalue weighted by molar-refractivity contribution is -0.277. The van der Waals surface area contributed by atoms with E-state index < -0.39 is 37.3 Å². The summed E-state index contributed by atoms with van der Waals surface area (Å²) in [5.41, 5.74) is 2.69. The molecule has 0 bridgehead atoms. The summed E-state index contributed by atoms with van der Waals surface area (Å²) in [6.45, 7) is 0.957. The van der Waals surface area contributed by atoms with Gasteiger partial charge in [0.1, 0.15) is 48.1 Å². The maximum Gasteiger partial charge on any atom is 0.229 e. The largest absolute Gasteiger partial charge is 0.492 e. The minimum absolute atomic E-state index is 0.417. The molecule has 1 fully saturated rings. The van der Waals surface area contributed by atoms with Gasteiger partial charge in [0.25, 0.3) is 0 Å². The highest BCUT2D eigenvalue weighted by molar-refractivity contribution is 5.87. The van der Waals surface area contributed by atoms with Crippen LogP contribution in [-0.2, 0) is 17.6 Å². The Morgan fingerprint density at radius 2 is 1.71 bits per heavy atom. The number of hydrogen-bond acceptors (Lipinski definition) is 9. The van der Waals surface area contributed by atoms with Crippen LogP contribution >= 0.6 is 0 Å². The topological polar surface area (TPSA) is 125 Å². The SMILES string of the molecule is CN(C)CCOc1ccc(CCc2coc3cccc(O[C@@H]4O[C@H](CO)[C@@H](O)[C@H](O)[C@H]4O)c23)cc1. The molecular weight excluding hydrogens is 454 g/mol. The highest BCUT2D eigenvalue weighted by atomic mass is 16.7. The summed E-state index contributed by atoms with van der Waals surface area (Å²) in [7, 11) is 4.01. The Balaban J connectivity index is 1.45. The van der Waals surface area contributed by atoms with Gasteiger partial charge in [-0.15, -0.1) is 0 Å². The molecule has 0 spiro atoms. The van der Waals surface area contributed by atoms with Crippen LogP contribution in [0.4, 0.5) is 0 Å². The first-order valence-electron chi connectivity index (χ1n) is 11.7. The highest BCUT2D eigenvalue weighted by Gasteiger charge is 2.44. The van der Waals surface area contributed by atoms with E-state index in [4.69, 9.17) is 18.6 Å². The zero-order valence-corrected chi connectivity index (χ0v) is 19.9. The van der Waals surface area contributed by atoms with E-state index in [1.165, 1.54) is 0 Å². The third-order valence-electron chi connectivity index (χ3n) is 6.14. The van der Waals surface area contributed by atoms with Gasteiger partial charge < -0.3 is 44.0 Å². The number of hydrogen-bond donors (Lipinski definition) is 4. The first-order valence-corrected chi connectivity index (χ1v) is 11.7. The van der Waals surface area contributed by atoms with Crippen LogP contribution in [0.5, 0.6) is 11.5 Å². The van der Waals surface area contributed by atoms with Crippen LogP contribution in [-0.4, -0.2) is 89.9 Å². The van der Waals surface area contributed by atoms with Crippen LogP contribution in [0.2, 0.25) is 0 Å². The van der Waals surface area contributed by atoms with Gasteiger partial charge in [-0.2, -0.15) is 0 Å². The van der Waals surface area contributed by atoms with Gasteiger partial charge in [0.15, 0.2) is 0 Å². The number of fused-ring (bicyclic) bond motifs is 1. The Labute approximate surface area is 204 Å². The smallest absolute Gasteiger partial charge is 0.229 e. The third kappa shape index (κ3) is 5.95. The average molecular weight is 488 g/mol. The van der Waals surface area contributed by atoms with Crippen molar-refractivity contribution in [3.63, 3.8) is 0 Å². The quantitative estimate of drug-likeness (QED) is 0.335. The summed E-state index contributed by atoms with van der Waals surface area (Å²) in [5, 5.41) is 40.6. The molecular formula is C26H33NO8. The molecule has 1 aliphatic heterocycles. The number of aryl methyl sites for hydroxylation is 2. The maximum absolute atomic E-state index is 10.4. The molecule has 9 nitrogen and oxygen atoms in total. The van der Waals surface area contributed by atoms with E-state index in [1.807, 2.05) is 44.4 Å². The van der Waals surface area contributed by atoms with Crippen LogP contribution in [0.3, 0.4) is 0 Å². The van der Waals surface area contributed by atoms with E-state index >= 15 is 0 Å². The number of aliphatic hydroxyl groups is 4. The number of nitrogens with zero attached hydrogens (tertiary/aromatic N) is 1. The number of ether oxygens (including phenoxy) is 3. The Morgan fingerprint density at radius 1 is 0.943 bits per heavy atom. The van der Waals surface area contributed by atoms with Crippen LogP contribution < -0.4 is 9.47 Å². The predicted molar refractivity (Wildman–Crippen MR) is 129 cm³/mol. The van der Waals surface area contributed by atoms with Gasteiger partial charge in [-0.1, -0.05) is 18.2 Å². The molecule has 5 atom stereocenters. The molecule has 4 N–H and O–H groups in total. The molecule has 1 saturated heterocycles. The Kier molecular flexibility index (Phi) is 8.27. The van der Waals surface area contributed by atoms with Crippen LogP contribution in [0, 0.1) is 0 Å². The molecule has 190 valence electrons. The molecule has 4 rings (SSSR count). The van der Waals surface area contributed by atoms with Gasteiger partial charge in [0.05, 0.1) is 18.3 Å². The summed E-state index contributed by atoms with van der Waals surface area (Å²) < 4.78 is 22.9. The van der Waals surface area contributed by atoms with Crippen molar-refractivity contribution in [3.8, 4) is 11.5 Å². The van der Waals surface area contributed by atoms with Crippen LogP contribution in [0.15, 0.2) is 53.1 Å². The summed E-state index contributed by atoms with van der Waals surface area (Å²) >= 11 is 0. The standard InChI is InChI=1S/C26H33NO8/c1-27(2)12-13-32-18-10-7-16(8-11-18)6-9-17-15-33-19-4-3-5-20(22(17)19)34-26-25(31)24(30)23(29)21(14-28)35-26/h3-5,7-8,10-11,15,21,23-26,28-31H,6,9,12-14H2,1-2H3/t21-,23-,24+,25-,26-/m1/s1. The molecule has 1 aromatic heterocycles. The van der Waals surface area contributed by atoms with E-state index in [0.717, 1.165) is 35.2 Å². The van der Waals surface area contributed by atoms with Gasteiger partial charge in [0.2, 0.25) is 6.29 Å². The number of benzene rings is 2. The summed E-state index contributed by atoms with van der Waals surface area (Å²) in [6.07, 6.45) is -3.62. The van der Waals surface area contributed by atoms with Crippen molar-refractivity contribution in [1.29, 1.82) is 0 Å². The summed E-state index contributed by atoms with van der Waals surface area (Å²) in [4.78, 5) is 2.07. The van der Waals surface area contributed by atoms with Gasteiger partial charge in [-0.3, -0.25) is 0 Å². The zero-order valence-electron chi connectivity index (χ0n) is 19.9. The molecule has 9 heteroatoms. The molecule has 3 aromatic rings. The van der Waals surface area contributed by atoms with Crippen molar-refractivity contribution in [1.82, 2.24) is 4.90 Å². The third-order valence-corrected chi connectivity index (χ3v) is 6.14. The first kappa shape index (κ1) is 25.4. The number of rotatable bonds is 10. The first-order chi connectivity index (χ1) is 16.9. The Morgan fingerprint density at radius 3 is 2.43 bits per heavy atom. The summed E-state index contributed by atoms with van der Waals surface area (Å²) in [5.74, 6) is 1.25. The maximum atomic E-state index is 10.4. The number of likely N-dealkylation sites (N-methyl/N-ethyl adjacent to an activating group) is 1. The highest BCUT2D eigenvalue weighted by Crippen LogP contribution is 2.34. The van der Waals surface area contributed by atoms with Crippen molar-refractivity contribution in [2.75, 3.05) is 33.9 Å². The van der Waals surface area contributed by atoms with Crippen molar-refractivity contribution < 1.29 is 39.1 Å². The fourth-order valence-corrected chi connectivity index (χ4v) is 4.07. The molecule has 2 heterocycles. The van der Waals surface area contributed by atoms with E-state index in [9.17, 15) is 20.4 Å². The minimum Gasteiger partial charge on any atom is -0.492 e. The minimum atomic E-state index is -1.51. The monoisotopic (exact) mass is 487 g/mol. The lowest BCUT2D eigenvalue weighted by atomic mass is 9.99. The summed E-state index contributed by atoms with van der Waals surface area (Å²) in [6, 6.07) is 13.3.